The SMILES string of the molecule is COC(=O)[C@@]1(OCCC(=O)CCCN(Cc2ccccc2)C(=O)OCc2ccccc2)C[C@@H](C)[C@@H](O)C([C@H]2COC(C)(C)O2)O1. The first-order valence-electron chi connectivity index (χ1n) is 15.4. The molecule has 11 nitrogen and oxygen atoms in total. The van der Waals surface area contributed by atoms with Gasteiger partial charge in [0.25, 0.3) is 5.79 Å². The summed E-state index contributed by atoms with van der Waals surface area (Å²) in [7, 11) is 1.23. The van der Waals surface area contributed by atoms with E-state index in [0.29, 0.717) is 19.5 Å². The molecule has 2 fully saturated rings. The number of Topliss-reactive ketones (excluding diaryl/α,β-unsaturated/α-hetero) is 1. The maximum Gasteiger partial charge on any atom is 0.410 e. The Morgan fingerprint density at radius 2 is 1.64 bits per heavy atom. The highest BCUT2D eigenvalue weighted by molar-refractivity contribution is 5.79. The van der Waals surface area contributed by atoms with Crippen LogP contribution in [0.5, 0.6) is 0 Å². The molecule has 2 saturated heterocycles. The minimum Gasteiger partial charge on any atom is -0.465 e. The van der Waals surface area contributed by atoms with Crippen molar-refractivity contribution in [3.63, 3.8) is 0 Å². The number of hydrogen-bond acceptors (Lipinski definition) is 10. The molecule has 2 aromatic rings. The number of rotatable bonds is 14. The van der Waals surface area contributed by atoms with Crippen LogP contribution in [0.3, 0.4) is 0 Å². The quantitative estimate of drug-likeness (QED) is 0.301. The van der Waals surface area contributed by atoms with Crippen LogP contribution in [-0.4, -0.2) is 84.6 Å². The van der Waals surface area contributed by atoms with Gasteiger partial charge in [0, 0.05) is 32.4 Å². The van der Waals surface area contributed by atoms with Gasteiger partial charge in [-0.2, -0.15) is 0 Å². The van der Waals surface area contributed by atoms with E-state index in [9.17, 15) is 19.5 Å². The van der Waals surface area contributed by atoms with Gasteiger partial charge in [-0.1, -0.05) is 67.6 Å². The lowest BCUT2D eigenvalue weighted by Gasteiger charge is -2.45. The largest absolute Gasteiger partial charge is 0.465 e. The molecule has 2 heterocycles. The summed E-state index contributed by atoms with van der Waals surface area (Å²) in [6.45, 7) is 6.22. The van der Waals surface area contributed by atoms with E-state index in [1.54, 1.807) is 25.7 Å². The summed E-state index contributed by atoms with van der Waals surface area (Å²) in [5, 5.41) is 10.9. The molecule has 1 unspecified atom stereocenters. The Kier molecular flexibility index (Phi) is 12.1. The van der Waals surface area contributed by atoms with Crippen molar-refractivity contribution in [2.75, 3.05) is 26.9 Å². The number of ether oxygens (including phenoxy) is 6. The average Bonchev–Trinajstić information content (AvgIpc) is 3.40. The summed E-state index contributed by atoms with van der Waals surface area (Å²) >= 11 is 0. The number of aliphatic hydroxyl groups is 1. The van der Waals surface area contributed by atoms with Gasteiger partial charge in [-0.25, -0.2) is 9.59 Å². The summed E-state index contributed by atoms with van der Waals surface area (Å²) in [4.78, 5) is 40.4. The number of amides is 1. The lowest BCUT2D eigenvalue weighted by molar-refractivity contribution is -0.318. The lowest BCUT2D eigenvalue weighted by Crippen LogP contribution is -2.60. The minimum atomic E-state index is -1.80. The fourth-order valence-corrected chi connectivity index (χ4v) is 5.59. The third-order valence-corrected chi connectivity index (χ3v) is 8.01. The monoisotopic (exact) mass is 627 g/mol. The lowest BCUT2D eigenvalue weighted by atomic mass is 9.86. The number of aliphatic hydroxyl groups excluding tert-OH is 1. The number of esters is 1. The molecule has 0 saturated carbocycles. The molecular formula is C34H45NO10. The van der Waals surface area contributed by atoms with Gasteiger partial charge in [0.15, 0.2) is 5.79 Å². The van der Waals surface area contributed by atoms with Crippen LogP contribution in [0.25, 0.3) is 0 Å². The molecule has 4 rings (SSSR count). The number of hydrogen-bond donors (Lipinski definition) is 1. The zero-order valence-electron chi connectivity index (χ0n) is 26.5. The van der Waals surface area contributed by atoms with Crippen LogP contribution in [0.2, 0.25) is 0 Å². The summed E-state index contributed by atoms with van der Waals surface area (Å²) in [5.74, 6) is -3.89. The van der Waals surface area contributed by atoms with Crippen LogP contribution in [0.15, 0.2) is 60.7 Å². The molecular weight excluding hydrogens is 582 g/mol. The second-order valence-corrected chi connectivity index (χ2v) is 12.1. The van der Waals surface area contributed by atoms with Crippen molar-refractivity contribution < 1.29 is 47.9 Å². The molecule has 0 radical (unpaired) electrons. The predicted octanol–water partition coefficient (Wildman–Crippen LogP) is 4.39. The van der Waals surface area contributed by atoms with Crippen molar-refractivity contribution in [2.24, 2.45) is 5.92 Å². The fourth-order valence-electron chi connectivity index (χ4n) is 5.59. The Morgan fingerprint density at radius 1 is 0.978 bits per heavy atom. The summed E-state index contributed by atoms with van der Waals surface area (Å²) in [6, 6.07) is 19.0. The van der Waals surface area contributed by atoms with Crippen molar-refractivity contribution in [3.05, 3.63) is 71.8 Å². The molecule has 1 N–H and O–H groups in total. The number of benzene rings is 2. The molecule has 1 amide bonds. The van der Waals surface area contributed by atoms with Crippen LogP contribution in [-0.2, 0) is 51.2 Å². The van der Waals surface area contributed by atoms with E-state index in [-0.39, 0.29) is 50.8 Å². The normalized spacial score (nSPS) is 25.8. The number of carbonyl (C=O) groups excluding carboxylic acids is 3. The minimum absolute atomic E-state index is 0.0247. The molecule has 246 valence electrons. The van der Waals surface area contributed by atoms with E-state index in [1.807, 2.05) is 60.7 Å². The molecule has 5 atom stereocenters. The molecule has 2 aliphatic heterocycles. The molecule has 2 aromatic carbocycles. The summed E-state index contributed by atoms with van der Waals surface area (Å²) in [5.41, 5.74) is 1.83. The third kappa shape index (κ3) is 9.57. The van der Waals surface area contributed by atoms with Gasteiger partial charge in [-0.3, -0.25) is 4.79 Å². The van der Waals surface area contributed by atoms with Crippen LogP contribution < -0.4 is 0 Å². The molecule has 0 aliphatic carbocycles. The molecule has 2 aliphatic rings. The van der Waals surface area contributed by atoms with Gasteiger partial charge >= 0.3 is 12.1 Å². The van der Waals surface area contributed by atoms with Gasteiger partial charge in [-0.05, 0) is 37.3 Å². The molecule has 0 spiro atoms. The Hall–Kier alpha value is -3.35. The Labute approximate surface area is 264 Å². The van der Waals surface area contributed by atoms with Crippen molar-refractivity contribution in [3.8, 4) is 0 Å². The molecule has 11 heteroatoms. The van der Waals surface area contributed by atoms with Crippen LogP contribution in [0.4, 0.5) is 4.79 Å². The maximum atomic E-state index is 13.0. The molecule has 0 bridgehead atoms. The highest BCUT2D eigenvalue weighted by atomic mass is 16.8. The smallest absolute Gasteiger partial charge is 0.410 e. The summed E-state index contributed by atoms with van der Waals surface area (Å²) < 4.78 is 34.2. The highest BCUT2D eigenvalue weighted by Gasteiger charge is 2.56. The first-order valence-corrected chi connectivity index (χ1v) is 15.4. The second kappa shape index (κ2) is 15.8. The summed E-state index contributed by atoms with van der Waals surface area (Å²) in [6.07, 6.45) is -2.21. The Morgan fingerprint density at radius 3 is 2.27 bits per heavy atom. The Bertz CT molecular complexity index is 1260. The number of ketones is 1. The van der Waals surface area contributed by atoms with Crippen LogP contribution in [0, 0.1) is 5.92 Å². The standard InChI is InChI=1S/C34H45NO10/c1-24-20-34(31(38)40-4,45-30(29(24)37)28-23-43-33(2,3)44-28)42-19-17-27(36)16-11-18-35(21-25-12-7-5-8-13-25)32(39)41-22-26-14-9-6-10-15-26/h5-10,12-15,24,28-30,37H,11,16-23H2,1-4H3/t24-,28-,29-,30?,34-/m1/s1. The highest BCUT2D eigenvalue weighted by Crippen LogP contribution is 2.39. The first-order chi connectivity index (χ1) is 21.5. The van der Waals surface area contributed by atoms with E-state index in [0.717, 1.165) is 11.1 Å². The van der Waals surface area contributed by atoms with Crippen molar-refractivity contribution >= 4 is 17.8 Å². The van der Waals surface area contributed by atoms with Gasteiger partial charge in [0.2, 0.25) is 0 Å². The van der Waals surface area contributed by atoms with Crippen LogP contribution in [0.1, 0.15) is 57.6 Å². The van der Waals surface area contributed by atoms with Crippen molar-refractivity contribution in [2.45, 2.75) is 89.5 Å². The van der Waals surface area contributed by atoms with Gasteiger partial charge in [0.05, 0.1) is 26.4 Å². The van der Waals surface area contributed by atoms with Crippen molar-refractivity contribution in [1.82, 2.24) is 4.90 Å². The van der Waals surface area contributed by atoms with Crippen LogP contribution >= 0.6 is 0 Å². The fraction of sp³-hybridized carbons (Fsp3) is 0.559. The van der Waals surface area contributed by atoms with Gasteiger partial charge in [-0.15, -0.1) is 0 Å². The molecule has 45 heavy (non-hydrogen) atoms. The number of carbonyl (C=O) groups is 3. The maximum absolute atomic E-state index is 13.0. The number of methoxy groups -OCH3 is 1. The van der Waals surface area contributed by atoms with Crippen molar-refractivity contribution in [1.29, 1.82) is 0 Å². The van der Waals surface area contributed by atoms with E-state index in [1.165, 1.54) is 7.11 Å². The zero-order chi connectivity index (χ0) is 32.5. The first kappa shape index (κ1) is 34.5. The van der Waals surface area contributed by atoms with E-state index < -0.39 is 41.9 Å². The Balaban J connectivity index is 1.30. The van der Waals surface area contributed by atoms with E-state index in [4.69, 9.17) is 28.4 Å². The zero-order valence-corrected chi connectivity index (χ0v) is 26.5. The number of nitrogens with zero attached hydrogens (tertiary/aromatic N) is 1. The van der Waals surface area contributed by atoms with Gasteiger partial charge < -0.3 is 38.4 Å². The average molecular weight is 628 g/mol. The molecule has 0 aromatic heterocycles. The van der Waals surface area contributed by atoms with E-state index >= 15 is 0 Å². The third-order valence-electron chi connectivity index (χ3n) is 8.01. The van der Waals surface area contributed by atoms with E-state index in [2.05, 4.69) is 0 Å². The predicted molar refractivity (Wildman–Crippen MR) is 163 cm³/mol. The second-order valence-electron chi connectivity index (χ2n) is 12.1. The topological polar surface area (TPSA) is 130 Å². The van der Waals surface area contributed by atoms with Gasteiger partial charge in [0.1, 0.15) is 24.6 Å².